The highest BCUT2D eigenvalue weighted by Crippen LogP contribution is 2.38. The number of sulfonamides is 1. The summed E-state index contributed by atoms with van der Waals surface area (Å²) in [6, 6.07) is 2.76. The number of nitrogens with zero attached hydrogens (tertiary/aromatic N) is 3. The summed E-state index contributed by atoms with van der Waals surface area (Å²) in [5, 5.41) is 6.64. The van der Waals surface area contributed by atoms with Crippen molar-refractivity contribution in [3.63, 3.8) is 0 Å². The van der Waals surface area contributed by atoms with Crippen molar-refractivity contribution in [2.45, 2.75) is 83.2 Å². The number of amides is 4. The summed E-state index contributed by atoms with van der Waals surface area (Å²) in [5.74, 6) is -0.479. The normalized spacial score (nSPS) is 16.7. The number of carbonyl (C=O) groups is 3. The number of aromatic nitrogens is 2. The third kappa shape index (κ3) is 4.99. The van der Waals surface area contributed by atoms with Crippen LogP contribution in [0.4, 0.5) is 10.5 Å². The van der Waals surface area contributed by atoms with E-state index in [2.05, 4.69) is 21.2 Å². The fourth-order valence-corrected chi connectivity index (χ4v) is 6.68. The molecule has 1 aromatic heterocycles. The molecule has 0 saturated heterocycles. The average molecular weight is 540 g/mol. The first-order chi connectivity index (χ1) is 18.2. The Hall–Kier alpha value is -3.47. The molecule has 0 unspecified atom stereocenters. The lowest BCUT2D eigenvalue weighted by molar-refractivity contribution is -0.141. The van der Waals surface area contributed by atoms with E-state index >= 15 is 0 Å². The molecule has 2 aromatic rings. The molecule has 0 spiro atoms. The van der Waals surface area contributed by atoms with E-state index in [0.29, 0.717) is 31.5 Å². The van der Waals surface area contributed by atoms with Crippen molar-refractivity contribution in [1.82, 2.24) is 19.4 Å². The number of anilines is 1. The fraction of sp³-hybridized carbons (Fsp3) is 0.481. The summed E-state index contributed by atoms with van der Waals surface area (Å²) in [4.78, 5) is 38.9. The molecule has 0 fully saturated rings. The number of fused-ring (bicyclic) bond motifs is 2. The topological polar surface area (TPSA) is 130 Å². The van der Waals surface area contributed by atoms with Gasteiger partial charge in [-0.2, -0.15) is 13.5 Å². The minimum absolute atomic E-state index is 0.143. The minimum Gasteiger partial charge on any atom is -0.307 e. The van der Waals surface area contributed by atoms with Crippen LogP contribution in [0, 0.1) is 0 Å². The first-order valence-corrected chi connectivity index (χ1v) is 14.7. The van der Waals surface area contributed by atoms with Gasteiger partial charge in [0.15, 0.2) is 5.03 Å². The van der Waals surface area contributed by atoms with Crippen LogP contribution in [0.15, 0.2) is 34.5 Å². The lowest BCUT2D eigenvalue weighted by Crippen LogP contribution is -2.35. The highest BCUT2D eigenvalue weighted by molar-refractivity contribution is 7.90. The molecule has 2 aliphatic carbocycles. The molecule has 0 saturated carbocycles. The van der Waals surface area contributed by atoms with E-state index in [1.54, 1.807) is 0 Å². The van der Waals surface area contributed by atoms with Gasteiger partial charge >= 0.3 is 6.03 Å². The average Bonchev–Trinajstić information content (AvgIpc) is 3.65. The molecule has 38 heavy (non-hydrogen) atoms. The number of hydrogen-bond acceptors (Lipinski definition) is 6. The van der Waals surface area contributed by atoms with E-state index in [-0.39, 0.29) is 23.3 Å². The van der Waals surface area contributed by atoms with Gasteiger partial charge in [-0.05, 0) is 92.2 Å². The van der Waals surface area contributed by atoms with E-state index in [1.807, 2.05) is 13.8 Å². The second-order valence-electron chi connectivity index (χ2n) is 10.2. The molecule has 1 aliphatic heterocycles. The Bertz CT molecular complexity index is 1420. The smallest absolute Gasteiger partial charge is 0.307 e. The maximum Gasteiger partial charge on any atom is 0.333 e. The van der Waals surface area contributed by atoms with Crippen LogP contribution in [0.25, 0.3) is 0 Å². The Morgan fingerprint density at radius 1 is 1.08 bits per heavy atom. The molecular weight excluding hydrogens is 506 g/mol. The maximum atomic E-state index is 12.8. The van der Waals surface area contributed by atoms with E-state index in [1.165, 1.54) is 33.0 Å². The molecule has 10 nitrogen and oxygen atoms in total. The predicted octanol–water partition coefficient (Wildman–Crippen LogP) is 3.25. The number of benzene rings is 1. The van der Waals surface area contributed by atoms with Gasteiger partial charge in [-0.15, -0.1) is 0 Å². The van der Waals surface area contributed by atoms with Gasteiger partial charge in [-0.3, -0.25) is 19.2 Å². The van der Waals surface area contributed by atoms with Gasteiger partial charge in [-0.25, -0.2) is 9.52 Å². The first kappa shape index (κ1) is 26.1. The molecule has 5 rings (SSSR count). The van der Waals surface area contributed by atoms with Crippen LogP contribution >= 0.6 is 0 Å². The molecule has 4 amide bonds. The Labute approximate surface area is 222 Å². The number of aryl methyl sites for hydroxylation is 3. The standard InChI is InChI=1S/C27H33N5O5S/c1-3-20-17(2)16-32(26(20)34)24(33)11-6-13-31-14-12-23(29-31)38(36,37)30-27(35)28-25-21-9-4-7-18(21)15-19-8-5-10-22(19)25/h12,14-15H,3-11,13,16H2,1-2H3,(H2,28,30,35). The van der Waals surface area contributed by atoms with Gasteiger partial charge in [0.25, 0.3) is 15.9 Å². The molecule has 1 aromatic carbocycles. The number of carbonyl (C=O) groups excluding carboxylic acids is 3. The molecule has 11 heteroatoms. The summed E-state index contributed by atoms with van der Waals surface area (Å²) in [6.45, 7) is 4.38. The van der Waals surface area contributed by atoms with Crippen molar-refractivity contribution in [2.24, 2.45) is 0 Å². The van der Waals surface area contributed by atoms with Crippen LogP contribution in [0.3, 0.4) is 0 Å². The van der Waals surface area contributed by atoms with Gasteiger partial charge in [0.1, 0.15) is 0 Å². The van der Waals surface area contributed by atoms with Crippen LogP contribution in [-0.4, -0.2) is 47.5 Å². The lowest BCUT2D eigenvalue weighted by Gasteiger charge is -2.16. The van der Waals surface area contributed by atoms with Crippen molar-refractivity contribution in [2.75, 3.05) is 11.9 Å². The molecular formula is C27H33N5O5S. The monoisotopic (exact) mass is 539 g/mol. The van der Waals surface area contributed by atoms with Crippen LogP contribution in [0.2, 0.25) is 0 Å². The van der Waals surface area contributed by atoms with Gasteiger partial charge in [-0.1, -0.05) is 13.0 Å². The number of nitrogens with one attached hydrogen (secondary N) is 2. The van der Waals surface area contributed by atoms with E-state index in [0.717, 1.165) is 60.9 Å². The van der Waals surface area contributed by atoms with Gasteiger partial charge in [0.05, 0.1) is 6.54 Å². The molecule has 2 N–H and O–H groups in total. The highest BCUT2D eigenvalue weighted by Gasteiger charge is 2.31. The predicted molar refractivity (Wildman–Crippen MR) is 141 cm³/mol. The molecule has 0 bridgehead atoms. The summed E-state index contributed by atoms with van der Waals surface area (Å²) in [5.41, 5.74) is 7.10. The van der Waals surface area contributed by atoms with Gasteiger partial charge in [0, 0.05) is 30.4 Å². The van der Waals surface area contributed by atoms with Crippen LogP contribution in [-0.2, 0) is 51.8 Å². The maximum absolute atomic E-state index is 12.8. The van der Waals surface area contributed by atoms with Crippen molar-refractivity contribution in [3.8, 4) is 0 Å². The Morgan fingerprint density at radius 2 is 1.76 bits per heavy atom. The SMILES string of the molecule is CCC1=C(C)CN(C(=O)CCCn2ccc(S(=O)(=O)NC(=O)Nc3c4c(cc5c3CCC5)CCC4)n2)C1=O. The molecule has 0 radical (unpaired) electrons. The van der Waals surface area contributed by atoms with Gasteiger partial charge < -0.3 is 5.32 Å². The number of rotatable bonds is 8. The zero-order valence-corrected chi connectivity index (χ0v) is 22.6. The van der Waals surface area contributed by atoms with E-state index in [9.17, 15) is 22.8 Å². The molecule has 202 valence electrons. The zero-order chi connectivity index (χ0) is 27.0. The lowest BCUT2D eigenvalue weighted by atomic mass is 9.99. The number of imide groups is 1. The third-order valence-electron chi connectivity index (χ3n) is 7.68. The summed E-state index contributed by atoms with van der Waals surface area (Å²) < 4.78 is 29.2. The highest BCUT2D eigenvalue weighted by atomic mass is 32.2. The van der Waals surface area contributed by atoms with E-state index < -0.39 is 16.1 Å². The van der Waals surface area contributed by atoms with Crippen molar-refractivity contribution < 1.29 is 22.8 Å². The quantitative estimate of drug-likeness (QED) is 0.530. The molecule has 3 aliphatic rings. The van der Waals surface area contributed by atoms with Crippen LogP contribution in [0.1, 0.15) is 68.2 Å². The summed E-state index contributed by atoms with van der Waals surface area (Å²) in [6.07, 6.45) is 8.39. The van der Waals surface area contributed by atoms with Crippen molar-refractivity contribution in [3.05, 3.63) is 51.7 Å². The Balaban J connectivity index is 1.17. The second-order valence-corrected chi connectivity index (χ2v) is 11.8. The van der Waals surface area contributed by atoms with Crippen LogP contribution in [0.5, 0.6) is 0 Å². The molecule has 0 atom stereocenters. The van der Waals surface area contributed by atoms with Crippen LogP contribution < -0.4 is 10.0 Å². The number of urea groups is 1. The largest absolute Gasteiger partial charge is 0.333 e. The van der Waals surface area contributed by atoms with Crippen molar-refractivity contribution >= 4 is 33.6 Å². The second kappa shape index (κ2) is 10.4. The Morgan fingerprint density at radius 3 is 2.39 bits per heavy atom. The molecule has 2 heterocycles. The Kier molecular flexibility index (Phi) is 7.13. The zero-order valence-electron chi connectivity index (χ0n) is 21.8. The third-order valence-corrected chi connectivity index (χ3v) is 8.90. The van der Waals surface area contributed by atoms with Crippen molar-refractivity contribution in [1.29, 1.82) is 0 Å². The minimum atomic E-state index is -4.18. The number of hydrogen-bond donors (Lipinski definition) is 2. The fourth-order valence-electron chi connectivity index (χ4n) is 5.82. The van der Waals surface area contributed by atoms with E-state index in [4.69, 9.17) is 0 Å². The summed E-state index contributed by atoms with van der Waals surface area (Å²) >= 11 is 0. The summed E-state index contributed by atoms with van der Waals surface area (Å²) in [7, 11) is -4.18. The van der Waals surface area contributed by atoms with Gasteiger partial charge in [0.2, 0.25) is 5.91 Å². The first-order valence-electron chi connectivity index (χ1n) is 13.2.